The fourth-order valence-corrected chi connectivity index (χ4v) is 4.56. The molecule has 0 saturated heterocycles. The van der Waals surface area contributed by atoms with Crippen molar-refractivity contribution in [3.8, 4) is 11.5 Å². The van der Waals surface area contributed by atoms with E-state index in [1.165, 1.54) is 6.42 Å². The number of carbonyl (C=O) groups is 1. The smallest absolute Gasteiger partial charge is 0.231 e. The number of aromatic nitrogens is 1. The van der Waals surface area contributed by atoms with Gasteiger partial charge in [0.1, 0.15) is 0 Å². The first kappa shape index (κ1) is 18.0. The molecule has 0 unspecified atom stereocenters. The van der Waals surface area contributed by atoms with Crippen molar-refractivity contribution in [3.05, 3.63) is 60.3 Å². The highest BCUT2D eigenvalue weighted by atomic mass is 16.7. The Kier molecular flexibility index (Phi) is 4.58. The Morgan fingerprint density at radius 3 is 2.72 bits per heavy atom. The minimum absolute atomic E-state index is 0.0898. The van der Waals surface area contributed by atoms with Crippen molar-refractivity contribution in [2.75, 3.05) is 12.1 Å². The fourth-order valence-electron chi connectivity index (χ4n) is 4.56. The van der Waals surface area contributed by atoms with Crippen molar-refractivity contribution in [2.45, 2.75) is 38.5 Å². The molecule has 0 atom stereocenters. The maximum atomic E-state index is 13.5. The topological polar surface area (TPSA) is 60.5 Å². The summed E-state index contributed by atoms with van der Waals surface area (Å²) in [5, 5.41) is 4.19. The van der Waals surface area contributed by atoms with E-state index in [0.29, 0.717) is 6.42 Å². The molecule has 2 aliphatic rings. The van der Waals surface area contributed by atoms with Gasteiger partial charge in [0.05, 0.1) is 22.8 Å². The Morgan fingerprint density at radius 1 is 1.00 bits per heavy atom. The van der Waals surface area contributed by atoms with E-state index in [-0.39, 0.29) is 12.7 Å². The summed E-state index contributed by atoms with van der Waals surface area (Å²) in [6.07, 6.45) is 7.59. The lowest BCUT2D eigenvalue weighted by Crippen LogP contribution is -2.40. The number of hydrogen-bond acceptors (Lipinski definition) is 4. The van der Waals surface area contributed by atoms with Gasteiger partial charge in [-0.15, -0.1) is 0 Å². The molecule has 5 nitrogen and oxygen atoms in total. The maximum Gasteiger partial charge on any atom is 0.231 e. The monoisotopic (exact) mass is 388 g/mol. The average Bonchev–Trinajstić information content (AvgIpc) is 3.22. The van der Waals surface area contributed by atoms with Gasteiger partial charge in [0.15, 0.2) is 11.5 Å². The van der Waals surface area contributed by atoms with E-state index < -0.39 is 5.41 Å². The number of hydrogen-bond donors (Lipinski definition) is 1. The molecule has 29 heavy (non-hydrogen) atoms. The maximum absolute atomic E-state index is 13.5. The van der Waals surface area contributed by atoms with Gasteiger partial charge in [-0.25, -0.2) is 0 Å². The lowest BCUT2D eigenvalue weighted by Gasteiger charge is -2.36. The van der Waals surface area contributed by atoms with Crippen LogP contribution in [0.15, 0.2) is 54.7 Å². The molecular formula is C24H24N2O3. The molecule has 148 valence electrons. The van der Waals surface area contributed by atoms with Gasteiger partial charge >= 0.3 is 0 Å². The molecular weight excluding hydrogens is 364 g/mol. The second-order valence-electron chi connectivity index (χ2n) is 8.08. The van der Waals surface area contributed by atoms with Crippen LogP contribution in [0.5, 0.6) is 11.5 Å². The molecule has 5 rings (SSSR count). The molecule has 1 aromatic heterocycles. The van der Waals surface area contributed by atoms with Crippen LogP contribution in [0.4, 0.5) is 5.69 Å². The van der Waals surface area contributed by atoms with Gasteiger partial charge in [-0.2, -0.15) is 0 Å². The van der Waals surface area contributed by atoms with Crippen LogP contribution in [-0.4, -0.2) is 17.7 Å². The van der Waals surface area contributed by atoms with Gasteiger partial charge in [0.25, 0.3) is 0 Å². The Balaban J connectivity index is 1.41. The number of pyridine rings is 1. The lowest BCUT2D eigenvalue weighted by atomic mass is 9.69. The zero-order valence-corrected chi connectivity index (χ0v) is 16.3. The van der Waals surface area contributed by atoms with Crippen molar-refractivity contribution in [1.29, 1.82) is 0 Å². The van der Waals surface area contributed by atoms with E-state index in [9.17, 15) is 4.79 Å². The first-order valence-electron chi connectivity index (χ1n) is 10.3. The fraction of sp³-hybridized carbons (Fsp3) is 0.333. The van der Waals surface area contributed by atoms with E-state index in [1.54, 1.807) is 6.20 Å². The number of benzene rings is 2. The number of para-hydroxylation sites is 1. The Bertz CT molecular complexity index is 1060. The zero-order chi connectivity index (χ0) is 19.7. The summed E-state index contributed by atoms with van der Waals surface area (Å²) in [4.78, 5) is 17.9. The average molecular weight is 388 g/mol. The quantitative estimate of drug-likeness (QED) is 0.676. The third kappa shape index (κ3) is 3.53. The van der Waals surface area contributed by atoms with Gasteiger partial charge < -0.3 is 14.8 Å². The summed E-state index contributed by atoms with van der Waals surface area (Å²) < 4.78 is 10.9. The van der Waals surface area contributed by atoms with Crippen molar-refractivity contribution >= 4 is 22.5 Å². The van der Waals surface area contributed by atoms with Crippen LogP contribution in [0.3, 0.4) is 0 Å². The number of carbonyl (C=O) groups excluding carboxylic acids is 1. The largest absolute Gasteiger partial charge is 0.454 e. The normalized spacial score (nSPS) is 17.2. The van der Waals surface area contributed by atoms with Crippen LogP contribution in [0.2, 0.25) is 0 Å². The number of amides is 1. The summed E-state index contributed by atoms with van der Waals surface area (Å²) in [6.45, 7) is 0.263. The molecule has 1 N–H and O–H groups in total. The number of nitrogens with one attached hydrogen (secondary N) is 1. The molecule has 1 amide bonds. The minimum atomic E-state index is -0.405. The molecule has 0 radical (unpaired) electrons. The number of rotatable bonds is 4. The Hall–Kier alpha value is -3.08. The summed E-state index contributed by atoms with van der Waals surface area (Å²) in [7, 11) is 0. The second kappa shape index (κ2) is 7.39. The summed E-state index contributed by atoms with van der Waals surface area (Å²) in [5.74, 6) is 1.64. The van der Waals surface area contributed by atoms with E-state index >= 15 is 0 Å². The number of nitrogens with zero attached hydrogens (tertiary/aromatic N) is 1. The number of fused-ring (bicyclic) bond motifs is 2. The number of anilines is 1. The Morgan fingerprint density at radius 2 is 1.83 bits per heavy atom. The molecule has 1 aliphatic heterocycles. The lowest BCUT2D eigenvalue weighted by molar-refractivity contribution is -0.127. The van der Waals surface area contributed by atoms with E-state index in [0.717, 1.165) is 59.3 Å². The third-order valence-corrected chi connectivity index (χ3v) is 6.12. The SMILES string of the molecule is O=C(Nc1cnc2ccccc2c1)C1(Cc2ccc3c(c2)OCO3)CCCCC1. The van der Waals surface area contributed by atoms with Crippen LogP contribution < -0.4 is 14.8 Å². The standard InChI is InChI=1S/C24H24N2O3/c27-23(26-19-13-18-6-2-3-7-20(18)25-15-19)24(10-4-1-5-11-24)14-17-8-9-21-22(12-17)29-16-28-21/h2-3,6-9,12-13,15H,1,4-5,10-11,14,16H2,(H,26,27). The summed E-state index contributed by atoms with van der Waals surface area (Å²) in [5.41, 5.74) is 2.39. The molecule has 2 heterocycles. The summed E-state index contributed by atoms with van der Waals surface area (Å²) >= 11 is 0. The molecule has 3 aromatic rings. The highest BCUT2D eigenvalue weighted by Crippen LogP contribution is 2.42. The highest BCUT2D eigenvalue weighted by Gasteiger charge is 2.39. The third-order valence-electron chi connectivity index (χ3n) is 6.12. The van der Waals surface area contributed by atoms with Gasteiger partial charge in [-0.05, 0) is 49.1 Å². The van der Waals surface area contributed by atoms with E-state index in [1.807, 2.05) is 42.5 Å². The van der Waals surface area contributed by atoms with Crippen LogP contribution in [0, 0.1) is 5.41 Å². The van der Waals surface area contributed by atoms with Crippen molar-refractivity contribution in [2.24, 2.45) is 5.41 Å². The molecule has 0 bridgehead atoms. The van der Waals surface area contributed by atoms with Crippen molar-refractivity contribution < 1.29 is 14.3 Å². The van der Waals surface area contributed by atoms with Crippen LogP contribution in [0.25, 0.3) is 10.9 Å². The summed E-state index contributed by atoms with van der Waals surface area (Å²) in [6, 6.07) is 16.0. The van der Waals surface area contributed by atoms with Crippen molar-refractivity contribution in [3.63, 3.8) is 0 Å². The first-order chi connectivity index (χ1) is 14.2. The van der Waals surface area contributed by atoms with Crippen molar-refractivity contribution in [1.82, 2.24) is 4.98 Å². The van der Waals surface area contributed by atoms with Crippen LogP contribution >= 0.6 is 0 Å². The van der Waals surface area contributed by atoms with E-state index in [2.05, 4.69) is 16.4 Å². The predicted molar refractivity (Wildman–Crippen MR) is 112 cm³/mol. The molecule has 0 spiro atoms. The minimum Gasteiger partial charge on any atom is -0.454 e. The molecule has 1 fully saturated rings. The molecule has 2 aromatic carbocycles. The van der Waals surface area contributed by atoms with Gasteiger partial charge in [0.2, 0.25) is 12.7 Å². The highest BCUT2D eigenvalue weighted by molar-refractivity contribution is 5.97. The molecule has 1 saturated carbocycles. The van der Waals surface area contributed by atoms with Gasteiger partial charge in [0, 0.05) is 5.39 Å². The molecule has 5 heteroatoms. The van der Waals surface area contributed by atoms with E-state index in [4.69, 9.17) is 9.47 Å². The van der Waals surface area contributed by atoms with Crippen LogP contribution in [0.1, 0.15) is 37.7 Å². The second-order valence-corrected chi connectivity index (χ2v) is 8.08. The number of ether oxygens (including phenoxy) is 2. The van der Waals surface area contributed by atoms with Gasteiger partial charge in [-0.1, -0.05) is 43.5 Å². The zero-order valence-electron chi connectivity index (χ0n) is 16.3. The van der Waals surface area contributed by atoms with Crippen LogP contribution in [-0.2, 0) is 11.2 Å². The molecule has 1 aliphatic carbocycles. The van der Waals surface area contributed by atoms with Gasteiger partial charge in [-0.3, -0.25) is 9.78 Å². The Labute approximate surface area is 170 Å². The first-order valence-corrected chi connectivity index (χ1v) is 10.3. The predicted octanol–water partition coefficient (Wildman–Crippen LogP) is 5.10.